The Balaban J connectivity index is 1.61. The molecule has 1 unspecified atom stereocenters. The predicted molar refractivity (Wildman–Crippen MR) is 129 cm³/mol. The van der Waals surface area contributed by atoms with Gasteiger partial charge in [0.2, 0.25) is 5.91 Å². The molecule has 0 bridgehead atoms. The van der Waals surface area contributed by atoms with Crippen molar-refractivity contribution < 1.29 is 9.53 Å². The highest BCUT2D eigenvalue weighted by molar-refractivity contribution is 8.00. The summed E-state index contributed by atoms with van der Waals surface area (Å²) in [7, 11) is 1.56. The summed E-state index contributed by atoms with van der Waals surface area (Å²) in [6.07, 6.45) is 5.96. The van der Waals surface area contributed by atoms with Gasteiger partial charge < -0.3 is 14.6 Å². The van der Waals surface area contributed by atoms with Gasteiger partial charge in [-0.15, -0.1) is 10.2 Å². The zero-order chi connectivity index (χ0) is 22.5. The van der Waals surface area contributed by atoms with Crippen LogP contribution in [0.2, 0.25) is 5.02 Å². The van der Waals surface area contributed by atoms with Crippen LogP contribution in [-0.2, 0) is 4.79 Å². The summed E-state index contributed by atoms with van der Waals surface area (Å²) in [5.41, 5.74) is 1.53. The number of rotatable bonds is 7. The Hall–Kier alpha value is -2.51. The molecule has 1 saturated carbocycles. The van der Waals surface area contributed by atoms with Crippen molar-refractivity contribution in [3.8, 4) is 5.75 Å². The summed E-state index contributed by atoms with van der Waals surface area (Å²) >= 11 is 7.69. The van der Waals surface area contributed by atoms with Gasteiger partial charge in [0.05, 0.1) is 12.1 Å². The number of amides is 1. The van der Waals surface area contributed by atoms with Crippen LogP contribution in [0.25, 0.3) is 0 Å². The van der Waals surface area contributed by atoms with E-state index in [-0.39, 0.29) is 5.91 Å². The van der Waals surface area contributed by atoms with Crippen LogP contribution in [-0.4, -0.2) is 27.8 Å². The van der Waals surface area contributed by atoms with E-state index in [4.69, 9.17) is 16.3 Å². The molecule has 1 amide bonds. The molecule has 3 aromatic rings. The van der Waals surface area contributed by atoms with Crippen LogP contribution in [0, 0.1) is 6.92 Å². The highest BCUT2D eigenvalue weighted by Crippen LogP contribution is 2.39. The summed E-state index contributed by atoms with van der Waals surface area (Å²) in [6, 6.07) is 15.4. The van der Waals surface area contributed by atoms with Gasteiger partial charge in [0, 0.05) is 11.7 Å². The van der Waals surface area contributed by atoms with Crippen molar-refractivity contribution >= 4 is 35.0 Å². The monoisotopic (exact) mass is 470 g/mol. The molecule has 168 valence electrons. The van der Waals surface area contributed by atoms with Gasteiger partial charge in [0.25, 0.3) is 0 Å². The lowest BCUT2D eigenvalue weighted by molar-refractivity contribution is -0.115. The highest BCUT2D eigenvalue weighted by atomic mass is 35.5. The first kappa shape index (κ1) is 22.7. The number of hydrogen-bond donors (Lipinski definition) is 1. The maximum atomic E-state index is 13.4. The topological polar surface area (TPSA) is 69.0 Å². The third kappa shape index (κ3) is 5.10. The average molecular weight is 471 g/mol. The lowest BCUT2D eigenvalue weighted by atomic mass is 9.95. The van der Waals surface area contributed by atoms with Gasteiger partial charge in [-0.2, -0.15) is 0 Å². The zero-order valence-electron chi connectivity index (χ0n) is 18.3. The highest BCUT2D eigenvalue weighted by Gasteiger charge is 2.28. The molecule has 1 atom stereocenters. The molecule has 0 aliphatic heterocycles. The molecule has 1 fully saturated rings. The molecule has 8 heteroatoms. The lowest BCUT2D eigenvalue weighted by Gasteiger charge is -2.26. The molecule has 0 saturated heterocycles. The number of aryl methyl sites for hydroxylation is 1. The van der Waals surface area contributed by atoms with Crippen molar-refractivity contribution in [3.63, 3.8) is 0 Å². The van der Waals surface area contributed by atoms with Crippen LogP contribution in [0.1, 0.15) is 54.8 Å². The minimum atomic E-state index is -0.483. The van der Waals surface area contributed by atoms with E-state index in [9.17, 15) is 4.79 Å². The van der Waals surface area contributed by atoms with Crippen molar-refractivity contribution in [3.05, 3.63) is 64.9 Å². The molecular weight excluding hydrogens is 444 g/mol. The molecule has 2 aromatic carbocycles. The summed E-state index contributed by atoms with van der Waals surface area (Å²) in [5, 5.41) is 12.5. The second-order valence-electron chi connectivity index (χ2n) is 7.94. The maximum absolute atomic E-state index is 13.4. The Morgan fingerprint density at radius 1 is 1.16 bits per heavy atom. The van der Waals surface area contributed by atoms with E-state index in [0.29, 0.717) is 22.5 Å². The normalized spacial score (nSPS) is 15.3. The number of carbonyl (C=O) groups is 1. The average Bonchev–Trinajstić information content (AvgIpc) is 3.18. The largest absolute Gasteiger partial charge is 0.495 e. The van der Waals surface area contributed by atoms with Gasteiger partial charge in [-0.25, -0.2) is 0 Å². The van der Waals surface area contributed by atoms with Crippen molar-refractivity contribution in [2.45, 2.75) is 55.5 Å². The fraction of sp³-hybridized carbons (Fsp3) is 0.375. The molecule has 1 aliphatic carbocycles. The number of anilines is 1. The van der Waals surface area contributed by atoms with E-state index in [1.165, 1.54) is 31.0 Å². The molecule has 1 aliphatic rings. The van der Waals surface area contributed by atoms with E-state index >= 15 is 0 Å². The van der Waals surface area contributed by atoms with E-state index < -0.39 is 5.25 Å². The van der Waals surface area contributed by atoms with Gasteiger partial charge in [-0.3, -0.25) is 4.79 Å². The molecule has 0 radical (unpaired) electrons. The van der Waals surface area contributed by atoms with Gasteiger partial charge in [-0.05, 0) is 43.5 Å². The number of carbonyl (C=O) groups excluding carboxylic acids is 1. The molecule has 6 nitrogen and oxygen atoms in total. The Morgan fingerprint density at radius 2 is 1.91 bits per heavy atom. The van der Waals surface area contributed by atoms with Crippen molar-refractivity contribution in [2.75, 3.05) is 12.4 Å². The molecule has 1 aromatic heterocycles. The first-order valence-corrected chi connectivity index (χ1v) is 12.1. The number of nitrogens with zero attached hydrogens (tertiary/aromatic N) is 3. The van der Waals surface area contributed by atoms with E-state index in [2.05, 4.69) is 20.1 Å². The Labute approximate surface area is 197 Å². The van der Waals surface area contributed by atoms with Gasteiger partial charge in [-0.1, -0.05) is 73.0 Å². The van der Waals surface area contributed by atoms with Crippen LogP contribution < -0.4 is 10.1 Å². The Morgan fingerprint density at radius 3 is 2.59 bits per heavy atom. The molecular formula is C24H27ClN4O2S. The minimum absolute atomic E-state index is 0.140. The van der Waals surface area contributed by atoms with Crippen LogP contribution in [0.3, 0.4) is 0 Å². The van der Waals surface area contributed by atoms with Crippen LogP contribution >= 0.6 is 23.4 Å². The second-order valence-corrected chi connectivity index (χ2v) is 9.42. The van der Waals surface area contributed by atoms with Crippen LogP contribution in [0.5, 0.6) is 5.75 Å². The summed E-state index contributed by atoms with van der Waals surface area (Å²) < 4.78 is 7.43. The third-order valence-corrected chi connectivity index (χ3v) is 7.26. The van der Waals surface area contributed by atoms with E-state index in [0.717, 1.165) is 29.4 Å². The number of methoxy groups -OCH3 is 1. The van der Waals surface area contributed by atoms with Gasteiger partial charge >= 0.3 is 0 Å². The lowest BCUT2D eigenvalue weighted by Crippen LogP contribution is -2.20. The third-order valence-electron chi connectivity index (χ3n) is 5.76. The quantitative estimate of drug-likeness (QED) is 0.415. The molecule has 1 heterocycles. The number of nitrogens with one attached hydrogen (secondary N) is 1. The Kier molecular flexibility index (Phi) is 7.37. The van der Waals surface area contributed by atoms with Crippen LogP contribution in [0.15, 0.2) is 53.7 Å². The smallest absolute Gasteiger partial charge is 0.242 e. The molecule has 4 rings (SSSR count). The predicted octanol–water partition coefficient (Wildman–Crippen LogP) is 6.23. The fourth-order valence-electron chi connectivity index (χ4n) is 4.15. The van der Waals surface area contributed by atoms with Gasteiger partial charge in [0.15, 0.2) is 5.16 Å². The number of aromatic nitrogens is 3. The standard InChI is InChI=1S/C24H27ClN4O2S/c1-16-27-28-24(29(16)19-11-7-4-8-12-19)32-22(17-9-5-3-6-10-17)23(30)26-18-13-14-21(31-2)20(25)15-18/h3,5-6,9-10,13-15,19,22H,4,7-8,11-12H2,1-2H3,(H,26,30). The van der Waals surface area contributed by atoms with E-state index in [1.807, 2.05) is 37.3 Å². The SMILES string of the molecule is COc1ccc(NC(=O)C(Sc2nnc(C)n2C2CCCCC2)c2ccccc2)cc1Cl. The summed E-state index contributed by atoms with van der Waals surface area (Å²) in [5.74, 6) is 1.32. The maximum Gasteiger partial charge on any atom is 0.242 e. The molecule has 32 heavy (non-hydrogen) atoms. The van der Waals surface area contributed by atoms with Crippen molar-refractivity contribution in [1.29, 1.82) is 0 Å². The van der Waals surface area contributed by atoms with Gasteiger partial charge in [0.1, 0.15) is 16.8 Å². The minimum Gasteiger partial charge on any atom is -0.495 e. The van der Waals surface area contributed by atoms with E-state index in [1.54, 1.807) is 25.3 Å². The Bertz CT molecular complexity index is 1070. The molecule has 0 spiro atoms. The summed E-state index contributed by atoms with van der Waals surface area (Å²) in [4.78, 5) is 13.4. The number of benzene rings is 2. The van der Waals surface area contributed by atoms with Crippen molar-refractivity contribution in [1.82, 2.24) is 14.8 Å². The number of thioether (sulfide) groups is 1. The fourth-order valence-corrected chi connectivity index (χ4v) is 5.56. The first-order chi connectivity index (χ1) is 15.6. The van der Waals surface area contributed by atoms with Crippen LogP contribution in [0.4, 0.5) is 5.69 Å². The molecule has 1 N–H and O–H groups in total. The number of hydrogen-bond acceptors (Lipinski definition) is 5. The zero-order valence-corrected chi connectivity index (χ0v) is 19.8. The first-order valence-electron chi connectivity index (χ1n) is 10.8. The number of ether oxygens (including phenoxy) is 1. The second kappa shape index (κ2) is 10.4. The summed E-state index contributed by atoms with van der Waals surface area (Å²) in [6.45, 7) is 1.99. The number of halogens is 1. The van der Waals surface area contributed by atoms with Crippen molar-refractivity contribution in [2.24, 2.45) is 0 Å².